The lowest BCUT2D eigenvalue weighted by atomic mass is 10.0. The second-order valence-corrected chi connectivity index (χ2v) is 12.5. The minimum Gasteiger partial charge on any atom is -0.316 e. The van der Waals surface area contributed by atoms with Crippen molar-refractivity contribution in [1.82, 2.24) is 19.1 Å². The third-order valence-electron chi connectivity index (χ3n) is 9.54. The molecule has 0 N–H and O–H groups in total. The van der Waals surface area contributed by atoms with Crippen molar-refractivity contribution in [2.24, 2.45) is 4.99 Å². The van der Waals surface area contributed by atoms with Gasteiger partial charge >= 0.3 is 0 Å². The van der Waals surface area contributed by atoms with E-state index >= 15 is 0 Å². The molecule has 9 rings (SSSR count). The van der Waals surface area contributed by atoms with Gasteiger partial charge in [0.15, 0.2) is 5.82 Å². The standard InChI is InChI=1S/C45H33N5/c1-3-27-46-30(2)31-20-22-32(23-21-31)43-38-17-7-9-18-40(38)47-45(48-43)33-12-11-15-35(29-33)50-42-19-10-8-16-36(42)37-24-25-41-39(44(37)50)26-28-49(41)34-13-5-4-6-14-34/h3-26,28-29H,1,27H2,2H3. The number of aromatic nitrogens is 4. The summed E-state index contributed by atoms with van der Waals surface area (Å²) in [4.78, 5) is 14.9. The lowest BCUT2D eigenvalue weighted by Gasteiger charge is -2.13. The lowest BCUT2D eigenvalue weighted by molar-refractivity contribution is 1.13. The van der Waals surface area contributed by atoms with Crippen molar-refractivity contribution in [2.45, 2.75) is 6.92 Å². The lowest BCUT2D eigenvalue weighted by Crippen LogP contribution is -1.99. The van der Waals surface area contributed by atoms with E-state index in [0.29, 0.717) is 12.4 Å². The highest BCUT2D eigenvalue weighted by atomic mass is 15.0. The molecule has 50 heavy (non-hydrogen) atoms. The summed E-state index contributed by atoms with van der Waals surface area (Å²) in [5.74, 6) is 0.689. The molecule has 9 aromatic rings. The van der Waals surface area contributed by atoms with Gasteiger partial charge in [0.2, 0.25) is 0 Å². The summed E-state index contributed by atoms with van der Waals surface area (Å²) >= 11 is 0. The molecule has 0 atom stereocenters. The zero-order chi connectivity index (χ0) is 33.6. The predicted molar refractivity (Wildman–Crippen MR) is 209 cm³/mol. The van der Waals surface area contributed by atoms with Gasteiger partial charge in [-0.05, 0) is 61.0 Å². The zero-order valence-corrected chi connectivity index (χ0v) is 27.7. The van der Waals surface area contributed by atoms with Crippen molar-refractivity contribution in [2.75, 3.05) is 6.54 Å². The quantitative estimate of drug-likeness (QED) is 0.128. The largest absolute Gasteiger partial charge is 0.316 e. The van der Waals surface area contributed by atoms with E-state index in [-0.39, 0.29) is 0 Å². The van der Waals surface area contributed by atoms with Crippen LogP contribution in [-0.2, 0) is 0 Å². The van der Waals surface area contributed by atoms with Gasteiger partial charge in [0, 0.05) is 56.0 Å². The normalized spacial score (nSPS) is 12.0. The first kappa shape index (κ1) is 29.5. The molecule has 0 amide bonds. The number of hydrogen-bond acceptors (Lipinski definition) is 3. The van der Waals surface area contributed by atoms with E-state index in [9.17, 15) is 0 Å². The minimum absolute atomic E-state index is 0.604. The van der Waals surface area contributed by atoms with Crippen molar-refractivity contribution in [3.63, 3.8) is 0 Å². The maximum atomic E-state index is 5.23. The molecular weight excluding hydrogens is 611 g/mol. The fourth-order valence-corrected chi connectivity index (χ4v) is 7.13. The van der Waals surface area contributed by atoms with Crippen LogP contribution >= 0.6 is 0 Å². The topological polar surface area (TPSA) is 48.0 Å². The zero-order valence-electron chi connectivity index (χ0n) is 27.7. The molecule has 0 fully saturated rings. The Bertz CT molecular complexity index is 2750. The van der Waals surface area contributed by atoms with E-state index in [1.165, 1.54) is 27.2 Å². The molecular formula is C45H33N5. The van der Waals surface area contributed by atoms with Crippen molar-refractivity contribution < 1.29 is 0 Å². The minimum atomic E-state index is 0.604. The second-order valence-electron chi connectivity index (χ2n) is 12.5. The van der Waals surface area contributed by atoms with Gasteiger partial charge in [0.25, 0.3) is 0 Å². The van der Waals surface area contributed by atoms with Gasteiger partial charge in [-0.3, -0.25) is 4.99 Å². The summed E-state index contributed by atoms with van der Waals surface area (Å²) in [6.07, 6.45) is 3.98. The number of rotatable bonds is 7. The molecule has 5 nitrogen and oxygen atoms in total. The fraction of sp³-hybridized carbons (Fsp3) is 0.0444. The molecule has 0 unspecified atom stereocenters. The van der Waals surface area contributed by atoms with Gasteiger partial charge in [-0.1, -0.05) is 103 Å². The third kappa shape index (κ3) is 4.91. The number of para-hydroxylation sites is 3. The average molecular weight is 644 g/mol. The van der Waals surface area contributed by atoms with Crippen LogP contribution < -0.4 is 0 Å². The van der Waals surface area contributed by atoms with Crippen LogP contribution in [0.1, 0.15) is 12.5 Å². The Labute approximate surface area is 290 Å². The average Bonchev–Trinajstić information content (AvgIpc) is 3.77. The van der Waals surface area contributed by atoms with Crippen molar-refractivity contribution in [1.29, 1.82) is 0 Å². The third-order valence-corrected chi connectivity index (χ3v) is 9.54. The van der Waals surface area contributed by atoms with Crippen LogP contribution in [0.3, 0.4) is 0 Å². The van der Waals surface area contributed by atoms with E-state index in [4.69, 9.17) is 9.97 Å². The number of aliphatic imine (C=N–C) groups is 1. The van der Waals surface area contributed by atoms with Crippen molar-refractivity contribution >= 4 is 49.3 Å². The highest BCUT2D eigenvalue weighted by Crippen LogP contribution is 2.38. The number of fused-ring (bicyclic) bond motifs is 6. The van der Waals surface area contributed by atoms with Crippen LogP contribution in [0.15, 0.2) is 169 Å². The Morgan fingerprint density at radius 1 is 0.640 bits per heavy atom. The van der Waals surface area contributed by atoms with Crippen LogP contribution in [0.4, 0.5) is 0 Å². The number of hydrogen-bond donors (Lipinski definition) is 0. The Morgan fingerprint density at radius 2 is 1.40 bits per heavy atom. The maximum absolute atomic E-state index is 5.23. The van der Waals surface area contributed by atoms with Crippen molar-refractivity contribution in [3.05, 3.63) is 170 Å². The summed E-state index contributed by atoms with van der Waals surface area (Å²) in [5, 5.41) is 4.66. The fourth-order valence-electron chi connectivity index (χ4n) is 7.13. The van der Waals surface area contributed by atoms with Gasteiger partial charge in [-0.2, -0.15) is 0 Å². The molecule has 0 saturated carbocycles. The van der Waals surface area contributed by atoms with E-state index in [1.807, 2.05) is 25.1 Å². The molecule has 0 radical (unpaired) electrons. The summed E-state index contributed by atoms with van der Waals surface area (Å²) in [7, 11) is 0. The second kappa shape index (κ2) is 12.1. The molecule has 6 aromatic carbocycles. The first-order chi connectivity index (χ1) is 24.7. The van der Waals surface area contributed by atoms with Crippen LogP contribution in [0.5, 0.6) is 0 Å². The number of nitrogens with zero attached hydrogens (tertiary/aromatic N) is 5. The van der Waals surface area contributed by atoms with Gasteiger partial charge in [0.1, 0.15) is 0 Å². The first-order valence-corrected chi connectivity index (χ1v) is 16.9. The SMILES string of the molecule is C=CCN=C(C)c1ccc(-c2nc(-c3cccc(-n4c5ccccc5c5ccc6c(ccn6-c6ccccc6)c54)c3)nc3ccccc23)cc1. The van der Waals surface area contributed by atoms with E-state index in [1.54, 1.807) is 0 Å². The molecule has 238 valence electrons. The summed E-state index contributed by atoms with van der Waals surface area (Å²) in [6.45, 7) is 6.42. The molecule has 0 aliphatic heterocycles. The van der Waals surface area contributed by atoms with Crippen LogP contribution in [-0.4, -0.2) is 31.4 Å². The molecule has 0 aliphatic carbocycles. The summed E-state index contributed by atoms with van der Waals surface area (Å²) in [5.41, 5.74) is 11.6. The smallest absolute Gasteiger partial charge is 0.160 e. The maximum Gasteiger partial charge on any atom is 0.160 e. The Kier molecular flexibility index (Phi) is 7.17. The Hall–Kier alpha value is -6.59. The van der Waals surface area contributed by atoms with Crippen LogP contribution in [0.2, 0.25) is 0 Å². The first-order valence-electron chi connectivity index (χ1n) is 16.9. The highest BCUT2D eigenvalue weighted by Gasteiger charge is 2.18. The van der Waals surface area contributed by atoms with Gasteiger partial charge in [-0.25, -0.2) is 9.97 Å². The van der Waals surface area contributed by atoms with Crippen molar-refractivity contribution in [3.8, 4) is 34.0 Å². The Balaban J connectivity index is 1.21. The highest BCUT2D eigenvalue weighted by molar-refractivity contribution is 6.18. The van der Waals surface area contributed by atoms with Crippen LogP contribution in [0, 0.1) is 0 Å². The molecule has 0 saturated heterocycles. The van der Waals surface area contributed by atoms with E-state index in [2.05, 4.69) is 160 Å². The number of benzene rings is 6. The van der Waals surface area contributed by atoms with Gasteiger partial charge < -0.3 is 9.13 Å². The summed E-state index contributed by atoms with van der Waals surface area (Å²) < 4.78 is 4.66. The monoisotopic (exact) mass is 643 g/mol. The molecule has 5 heteroatoms. The Morgan fingerprint density at radius 3 is 2.24 bits per heavy atom. The van der Waals surface area contributed by atoms with E-state index in [0.717, 1.165) is 55.9 Å². The van der Waals surface area contributed by atoms with E-state index < -0.39 is 0 Å². The molecule has 3 heterocycles. The predicted octanol–water partition coefficient (Wildman–Crippen LogP) is 11.0. The summed E-state index contributed by atoms with van der Waals surface area (Å²) in [6, 6.07) is 51.3. The van der Waals surface area contributed by atoms with Gasteiger partial charge in [0.05, 0.1) is 34.3 Å². The van der Waals surface area contributed by atoms with Gasteiger partial charge in [-0.15, -0.1) is 6.58 Å². The van der Waals surface area contributed by atoms with Crippen LogP contribution in [0.25, 0.3) is 77.6 Å². The molecule has 3 aromatic heterocycles. The molecule has 0 bridgehead atoms. The molecule has 0 spiro atoms. The molecule has 0 aliphatic rings.